The van der Waals surface area contributed by atoms with Crippen molar-refractivity contribution in [2.45, 2.75) is 23.8 Å². The molecular weight excluding hydrogens is 344 g/mol. The number of fused-ring (bicyclic) bond motifs is 1. The quantitative estimate of drug-likeness (QED) is 0.678. The molecule has 132 valence electrons. The first kappa shape index (κ1) is 16.8. The van der Waals surface area contributed by atoms with Crippen molar-refractivity contribution in [3.63, 3.8) is 0 Å². The normalized spacial score (nSPS) is 14.8. The van der Waals surface area contributed by atoms with Crippen molar-refractivity contribution in [2.24, 2.45) is 0 Å². The van der Waals surface area contributed by atoms with Gasteiger partial charge in [0.15, 0.2) is 0 Å². The summed E-state index contributed by atoms with van der Waals surface area (Å²) in [6.07, 6.45) is 6.00. The van der Waals surface area contributed by atoms with Crippen LogP contribution in [0, 0.1) is 0 Å². The summed E-state index contributed by atoms with van der Waals surface area (Å²) in [6, 6.07) is 19.7. The molecule has 0 aliphatic heterocycles. The minimum Gasteiger partial charge on any atom is -0.360 e. The van der Waals surface area contributed by atoms with Gasteiger partial charge in [0, 0.05) is 17.8 Å². The number of aromatic amines is 1. The molecule has 2 aromatic carbocycles. The maximum absolute atomic E-state index is 12.9. The number of hydrogen-bond acceptors (Lipinski definition) is 2. The molecule has 26 heavy (non-hydrogen) atoms. The van der Waals surface area contributed by atoms with Crippen molar-refractivity contribution >= 4 is 10.0 Å². The van der Waals surface area contributed by atoms with E-state index >= 15 is 0 Å². The van der Waals surface area contributed by atoms with Crippen LogP contribution in [0.1, 0.15) is 28.6 Å². The SMILES string of the molecule is O=S(=O)(NC(c1ccccc1)c1cc2c([nH]1)CC=CC2)c1ccccc1. The third-order valence-electron chi connectivity index (χ3n) is 4.61. The third-order valence-corrected chi connectivity index (χ3v) is 6.05. The zero-order valence-electron chi connectivity index (χ0n) is 14.2. The molecule has 4 nitrogen and oxygen atoms in total. The average molecular weight is 364 g/mol. The molecule has 0 amide bonds. The molecule has 3 aromatic rings. The van der Waals surface area contributed by atoms with Crippen LogP contribution in [0.15, 0.2) is 83.8 Å². The van der Waals surface area contributed by atoms with E-state index in [1.165, 1.54) is 5.56 Å². The summed E-state index contributed by atoms with van der Waals surface area (Å²) in [5.74, 6) is 0. The molecule has 1 aliphatic rings. The van der Waals surface area contributed by atoms with Gasteiger partial charge in [-0.2, -0.15) is 4.72 Å². The van der Waals surface area contributed by atoms with Gasteiger partial charge in [-0.3, -0.25) is 0 Å². The first-order valence-electron chi connectivity index (χ1n) is 8.61. The molecule has 1 aliphatic carbocycles. The summed E-state index contributed by atoms with van der Waals surface area (Å²) in [5.41, 5.74) is 4.15. The van der Waals surface area contributed by atoms with Gasteiger partial charge in [-0.05, 0) is 35.7 Å². The fraction of sp³-hybridized carbons (Fsp3) is 0.143. The summed E-state index contributed by atoms with van der Waals surface area (Å²) >= 11 is 0. The topological polar surface area (TPSA) is 62.0 Å². The van der Waals surface area contributed by atoms with Gasteiger partial charge in [-0.15, -0.1) is 0 Å². The summed E-state index contributed by atoms with van der Waals surface area (Å²) < 4.78 is 28.7. The zero-order chi connectivity index (χ0) is 18.0. The smallest absolute Gasteiger partial charge is 0.241 e. The molecule has 4 rings (SSSR count). The maximum atomic E-state index is 12.9. The van der Waals surface area contributed by atoms with E-state index in [1.54, 1.807) is 30.3 Å². The van der Waals surface area contributed by atoms with E-state index in [4.69, 9.17) is 0 Å². The van der Waals surface area contributed by atoms with Crippen molar-refractivity contribution in [3.05, 3.63) is 101 Å². The monoisotopic (exact) mass is 364 g/mol. The predicted octanol–water partition coefficient (Wildman–Crippen LogP) is 3.74. The highest BCUT2D eigenvalue weighted by Gasteiger charge is 2.25. The molecule has 0 fully saturated rings. The number of hydrogen-bond donors (Lipinski definition) is 2. The van der Waals surface area contributed by atoms with Gasteiger partial charge < -0.3 is 4.98 Å². The minimum atomic E-state index is -3.64. The van der Waals surface area contributed by atoms with Gasteiger partial charge in [-0.25, -0.2) is 8.42 Å². The first-order chi connectivity index (χ1) is 12.6. The number of benzene rings is 2. The number of allylic oxidation sites excluding steroid dienone is 2. The summed E-state index contributed by atoms with van der Waals surface area (Å²) in [4.78, 5) is 3.69. The van der Waals surface area contributed by atoms with Crippen molar-refractivity contribution in [1.82, 2.24) is 9.71 Å². The number of sulfonamides is 1. The van der Waals surface area contributed by atoms with Crippen LogP contribution in [0.5, 0.6) is 0 Å². The highest BCUT2D eigenvalue weighted by molar-refractivity contribution is 7.89. The summed E-state index contributed by atoms with van der Waals surface area (Å²) in [6.45, 7) is 0. The Bertz CT molecular complexity index is 997. The summed E-state index contributed by atoms with van der Waals surface area (Å²) in [7, 11) is -3.64. The lowest BCUT2D eigenvalue weighted by atomic mass is 10.0. The van der Waals surface area contributed by atoms with Gasteiger partial charge in [0.1, 0.15) is 0 Å². The number of aromatic nitrogens is 1. The van der Waals surface area contributed by atoms with Gasteiger partial charge in [0.25, 0.3) is 0 Å². The van der Waals surface area contributed by atoms with Gasteiger partial charge in [0.05, 0.1) is 10.9 Å². The van der Waals surface area contributed by atoms with E-state index in [9.17, 15) is 8.42 Å². The Morgan fingerprint density at radius 3 is 2.23 bits per heavy atom. The van der Waals surface area contributed by atoms with Crippen molar-refractivity contribution < 1.29 is 8.42 Å². The molecular formula is C21H20N2O2S. The Morgan fingerprint density at radius 2 is 1.54 bits per heavy atom. The van der Waals surface area contributed by atoms with Crippen molar-refractivity contribution in [1.29, 1.82) is 0 Å². The predicted molar refractivity (Wildman–Crippen MR) is 102 cm³/mol. The van der Waals surface area contributed by atoms with E-state index in [1.807, 2.05) is 30.3 Å². The second-order valence-corrected chi connectivity index (χ2v) is 8.10. The maximum Gasteiger partial charge on any atom is 0.241 e. The molecule has 1 unspecified atom stereocenters. The first-order valence-corrected chi connectivity index (χ1v) is 10.1. The molecule has 2 N–H and O–H groups in total. The van der Waals surface area contributed by atoms with Crippen LogP contribution < -0.4 is 4.72 Å². The van der Waals surface area contributed by atoms with Gasteiger partial charge in [-0.1, -0.05) is 60.7 Å². The molecule has 1 aromatic heterocycles. The highest BCUT2D eigenvalue weighted by atomic mass is 32.2. The van der Waals surface area contributed by atoms with Crippen LogP contribution in [0.25, 0.3) is 0 Å². The van der Waals surface area contributed by atoms with Gasteiger partial charge >= 0.3 is 0 Å². The van der Waals surface area contributed by atoms with E-state index in [2.05, 4.69) is 27.9 Å². The van der Waals surface area contributed by atoms with Crippen LogP contribution in [0.4, 0.5) is 0 Å². The highest BCUT2D eigenvalue weighted by Crippen LogP contribution is 2.27. The van der Waals surface area contributed by atoms with Crippen LogP contribution in [0.2, 0.25) is 0 Å². The Labute approximate surface area is 153 Å². The fourth-order valence-corrected chi connectivity index (χ4v) is 4.50. The Morgan fingerprint density at radius 1 is 0.885 bits per heavy atom. The lowest BCUT2D eigenvalue weighted by Crippen LogP contribution is -2.29. The minimum absolute atomic E-state index is 0.263. The van der Waals surface area contributed by atoms with E-state index in [0.29, 0.717) is 0 Å². The van der Waals surface area contributed by atoms with E-state index in [-0.39, 0.29) is 4.90 Å². The largest absolute Gasteiger partial charge is 0.360 e. The second-order valence-electron chi connectivity index (χ2n) is 6.39. The van der Waals surface area contributed by atoms with Crippen molar-refractivity contribution in [3.8, 4) is 0 Å². The average Bonchev–Trinajstić information content (AvgIpc) is 3.11. The second kappa shape index (κ2) is 6.94. The lowest BCUT2D eigenvalue weighted by Gasteiger charge is -2.18. The standard InChI is InChI=1S/C21H20N2O2S/c24-26(25,18-12-5-2-6-13-18)23-21(16-9-3-1-4-10-16)20-15-17-11-7-8-14-19(17)22-20/h1-10,12-13,15,21-23H,11,14H2. The molecule has 0 saturated carbocycles. The molecule has 0 bridgehead atoms. The third kappa shape index (κ3) is 3.36. The van der Waals surface area contributed by atoms with E-state index < -0.39 is 16.1 Å². The molecule has 5 heteroatoms. The Hall–Kier alpha value is -2.63. The lowest BCUT2D eigenvalue weighted by molar-refractivity contribution is 0.570. The molecule has 0 spiro atoms. The van der Waals surface area contributed by atoms with Crippen LogP contribution >= 0.6 is 0 Å². The van der Waals surface area contributed by atoms with Crippen LogP contribution in [-0.2, 0) is 22.9 Å². The fourth-order valence-electron chi connectivity index (χ4n) is 3.28. The Kier molecular flexibility index (Phi) is 4.49. The molecule has 0 radical (unpaired) electrons. The molecule has 1 atom stereocenters. The molecule has 0 saturated heterocycles. The molecule has 1 heterocycles. The zero-order valence-corrected chi connectivity index (χ0v) is 15.0. The number of H-pyrrole nitrogens is 1. The van der Waals surface area contributed by atoms with Crippen LogP contribution in [-0.4, -0.2) is 13.4 Å². The summed E-state index contributed by atoms with van der Waals surface area (Å²) in [5, 5.41) is 0. The number of nitrogens with one attached hydrogen (secondary N) is 2. The number of rotatable bonds is 5. The van der Waals surface area contributed by atoms with E-state index in [0.717, 1.165) is 29.8 Å². The van der Waals surface area contributed by atoms with Crippen LogP contribution in [0.3, 0.4) is 0 Å². The van der Waals surface area contributed by atoms with Crippen molar-refractivity contribution in [2.75, 3.05) is 0 Å². The Balaban J connectivity index is 1.74. The van der Waals surface area contributed by atoms with Gasteiger partial charge in [0.2, 0.25) is 10.0 Å².